The van der Waals surface area contributed by atoms with Crippen LogP contribution in [-0.2, 0) is 13.1 Å². The number of carbonyl (C=O) groups is 1. The Labute approximate surface area is 178 Å². The molecule has 7 nitrogen and oxygen atoms in total. The van der Waals surface area contributed by atoms with Crippen LogP contribution in [0, 0.1) is 0 Å². The molecule has 0 atom stereocenters. The molecule has 0 saturated carbocycles. The Kier molecular flexibility index (Phi) is 6.04. The predicted octanol–water partition coefficient (Wildman–Crippen LogP) is 2.22. The van der Waals surface area contributed by atoms with Gasteiger partial charge in [0.05, 0.1) is 5.69 Å². The summed E-state index contributed by atoms with van der Waals surface area (Å²) in [7, 11) is 2.07. The number of hydrogen-bond donors (Lipinski definition) is 2. The zero-order chi connectivity index (χ0) is 21.3. The molecule has 1 aromatic heterocycles. The van der Waals surface area contributed by atoms with Crippen LogP contribution in [0.1, 0.15) is 41.8 Å². The minimum absolute atomic E-state index is 0.118. The smallest absolute Gasteiger partial charge is 0.254 e. The summed E-state index contributed by atoms with van der Waals surface area (Å²) in [6.07, 6.45) is 1.08. The Hall–Kier alpha value is -2.48. The lowest BCUT2D eigenvalue weighted by Crippen LogP contribution is -2.42. The molecule has 2 aromatic rings. The van der Waals surface area contributed by atoms with E-state index in [0.717, 1.165) is 60.8 Å². The highest BCUT2D eigenvalue weighted by Crippen LogP contribution is 2.33. The fraction of sp³-hybridized carbons (Fsp3) is 0.478. The van der Waals surface area contributed by atoms with Crippen molar-refractivity contribution in [2.45, 2.75) is 39.4 Å². The summed E-state index contributed by atoms with van der Waals surface area (Å²) >= 11 is 0. The molecular formula is C23H32N6O. The minimum Gasteiger partial charge on any atom is -0.339 e. The summed E-state index contributed by atoms with van der Waals surface area (Å²) in [4.78, 5) is 22.3. The third-order valence-electron chi connectivity index (χ3n) is 5.83. The predicted molar refractivity (Wildman–Crippen MR) is 120 cm³/mol. The van der Waals surface area contributed by atoms with Gasteiger partial charge in [-0.3, -0.25) is 9.80 Å². The second-order valence-electron chi connectivity index (χ2n) is 8.53. The van der Waals surface area contributed by atoms with Crippen molar-refractivity contribution in [3.63, 3.8) is 0 Å². The van der Waals surface area contributed by atoms with Gasteiger partial charge in [0, 0.05) is 62.0 Å². The molecule has 30 heavy (non-hydrogen) atoms. The van der Waals surface area contributed by atoms with Gasteiger partial charge in [0.25, 0.3) is 5.91 Å². The maximum absolute atomic E-state index is 13.2. The molecule has 160 valence electrons. The van der Waals surface area contributed by atoms with Gasteiger partial charge in [-0.25, -0.2) is 10.4 Å². The number of hydrazine groups is 1. The SMILES string of the molecule is CC(C)N1NCc2c(C(=O)N3CCC3)cc(-c3cccc(CN(C)CCN)c3)nc21. The zero-order valence-corrected chi connectivity index (χ0v) is 18.2. The van der Waals surface area contributed by atoms with Gasteiger partial charge in [-0.05, 0) is 45.0 Å². The van der Waals surface area contributed by atoms with Crippen molar-refractivity contribution in [3.05, 3.63) is 47.0 Å². The number of likely N-dealkylation sites (tertiary alicyclic amines) is 1. The summed E-state index contributed by atoms with van der Waals surface area (Å²) in [6, 6.07) is 10.7. The van der Waals surface area contributed by atoms with Crippen LogP contribution in [-0.4, -0.2) is 60.0 Å². The zero-order valence-electron chi connectivity index (χ0n) is 18.2. The number of nitrogens with zero attached hydrogens (tertiary/aromatic N) is 4. The molecule has 0 unspecified atom stereocenters. The average Bonchev–Trinajstić information content (AvgIpc) is 3.10. The van der Waals surface area contributed by atoms with Gasteiger partial charge in [0.1, 0.15) is 5.82 Å². The number of hydrogen-bond acceptors (Lipinski definition) is 6. The molecule has 0 bridgehead atoms. The van der Waals surface area contributed by atoms with Gasteiger partial charge in [-0.2, -0.15) is 0 Å². The van der Waals surface area contributed by atoms with E-state index in [1.807, 2.05) is 11.0 Å². The molecule has 2 aliphatic rings. The molecule has 1 amide bonds. The number of aromatic nitrogens is 1. The van der Waals surface area contributed by atoms with E-state index in [1.165, 1.54) is 5.56 Å². The molecule has 7 heteroatoms. The first-order chi connectivity index (χ1) is 14.5. The van der Waals surface area contributed by atoms with Gasteiger partial charge in [-0.15, -0.1) is 0 Å². The third-order valence-corrected chi connectivity index (χ3v) is 5.83. The Morgan fingerprint density at radius 2 is 2.10 bits per heavy atom. The van der Waals surface area contributed by atoms with E-state index in [1.54, 1.807) is 0 Å². The summed E-state index contributed by atoms with van der Waals surface area (Å²) in [5.74, 6) is 0.990. The fourth-order valence-corrected chi connectivity index (χ4v) is 4.07. The van der Waals surface area contributed by atoms with Crippen molar-refractivity contribution in [2.24, 2.45) is 5.73 Å². The molecule has 0 radical (unpaired) electrons. The number of nitrogens with two attached hydrogens (primary N) is 1. The van der Waals surface area contributed by atoms with Crippen LogP contribution in [0.4, 0.5) is 5.82 Å². The number of nitrogens with one attached hydrogen (secondary N) is 1. The highest BCUT2D eigenvalue weighted by molar-refractivity contribution is 5.98. The topological polar surface area (TPSA) is 77.7 Å². The molecule has 0 aliphatic carbocycles. The molecule has 2 aliphatic heterocycles. The monoisotopic (exact) mass is 408 g/mol. The molecule has 3 N–H and O–H groups in total. The number of benzene rings is 1. The normalized spacial score (nSPS) is 15.7. The van der Waals surface area contributed by atoms with Crippen molar-refractivity contribution < 1.29 is 4.79 Å². The molecule has 1 aromatic carbocycles. The van der Waals surface area contributed by atoms with E-state index in [0.29, 0.717) is 13.1 Å². The van der Waals surface area contributed by atoms with Crippen LogP contribution in [0.15, 0.2) is 30.3 Å². The van der Waals surface area contributed by atoms with E-state index < -0.39 is 0 Å². The Balaban J connectivity index is 1.73. The first-order valence-electron chi connectivity index (χ1n) is 10.8. The van der Waals surface area contributed by atoms with Crippen molar-refractivity contribution in [1.29, 1.82) is 0 Å². The third kappa shape index (κ3) is 4.05. The number of likely N-dealkylation sites (N-methyl/N-ethyl adjacent to an activating group) is 1. The number of fused-ring (bicyclic) bond motifs is 1. The lowest BCUT2D eigenvalue weighted by Gasteiger charge is -2.31. The van der Waals surface area contributed by atoms with Gasteiger partial charge < -0.3 is 15.5 Å². The van der Waals surface area contributed by atoms with Crippen LogP contribution >= 0.6 is 0 Å². The van der Waals surface area contributed by atoms with Crippen molar-refractivity contribution in [2.75, 3.05) is 38.2 Å². The number of amides is 1. The Morgan fingerprint density at radius 3 is 2.77 bits per heavy atom. The van der Waals surface area contributed by atoms with E-state index >= 15 is 0 Å². The fourth-order valence-electron chi connectivity index (χ4n) is 4.07. The number of carbonyl (C=O) groups excluding carboxylic acids is 1. The van der Waals surface area contributed by atoms with Crippen molar-refractivity contribution in [1.82, 2.24) is 20.2 Å². The first kappa shape index (κ1) is 20.8. The van der Waals surface area contributed by atoms with Crippen LogP contribution in [0.2, 0.25) is 0 Å². The van der Waals surface area contributed by atoms with Crippen LogP contribution in [0.5, 0.6) is 0 Å². The lowest BCUT2D eigenvalue weighted by atomic mass is 10.0. The van der Waals surface area contributed by atoms with E-state index in [4.69, 9.17) is 10.7 Å². The van der Waals surface area contributed by atoms with Gasteiger partial charge in [0.2, 0.25) is 0 Å². The van der Waals surface area contributed by atoms with Gasteiger partial charge in [0.15, 0.2) is 0 Å². The highest BCUT2D eigenvalue weighted by atomic mass is 16.2. The summed E-state index contributed by atoms with van der Waals surface area (Å²) in [5.41, 5.74) is 13.9. The molecule has 4 rings (SSSR count). The van der Waals surface area contributed by atoms with Crippen LogP contribution in [0.25, 0.3) is 11.3 Å². The largest absolute Gasteiger partial charge is 0.339 e. The minimum atomic E-state index is 0.118. The van der Waals surface area contributed by atoms with Crippen molar-refractivity contribution >= 4 is 11.7 Å². The van der Waals surface area contributed by atoms with Crippen molar-refractivity contribution in [3.8, 4) is 11.3 Å². The van der Waals surface area contributed by atoms with Gasteiger partial charge in [-0.1, -0.05) is 18.2 Å². The average molecular weight is 409 g/mol. The van der Waals surface area contributed by atoms with E-state index in [2.05, 4.69) is 60.5 Å². The van der Waals surface area contributed by atoms with Crippen LogP contribution < -0.4 is 16.2 Å². The highest BCUT2D eigenvalue weighted by Gasteiger charge is 2.31. The summed E-state index contributed by atoms with van der Waals surface area (Å²) < 4.78 is 0. The van der Waals surface area contributed by atoms with Crippen LogP contribution in [0.3, 0.4) is 0 Å². The maximum atomic E-state index is 13.2. The Morgan fingerprint density at radius 1 is 1.30 bits per heavy atom. The molecule has 3 heterocycles. The molecule has 1 saturated heterocycles. The Bertz CT molecular complexity index is 924. The summed E-state index contributed by atoms with van der Waals surface area (Å²) in [6.45, 7) is 8.90. The number of anilines is 1. The molecule has 1 fully saturated rings. The summed E-state index contributed by atoms with van der Waals surface area (Å²) in [5, 5.41) is 2.07. The second-order valence-corrected chi connectivity index (χ2v) is 8.53. The quantitative estimate of drug-likeness (QED) is 0.732. The standard InChI is InChI=1S/C23H32N6O/c1-16(2)29-22-20(14-25-29)19(23(30)28-9-5-10-28)13-21(26-22)18-7-4-6-17(12-18)15-27(3)11-8-24/h4,6-7,12-13,16,25H,5,8-11,14-15,24H2,1-3H3. The maximum Gasteiger partial charge on any atom is 0.254 e. The second kappa shape index (κ2) is 8.71. The number of pyridine rings is 1. The first-order valence-corrected chi connectivity index (χ1v) is 10.8. The number of rotatable bonds is 7. The lowest BCUT2D eigenvalue weighted by molar-refractivity contribution is 0.0650. The van der Waals surface area contributed by atoms with E-state index in [9.17, 15) is 4.79 Å². The molecule has 0 spiro atoms. The van der Waals surface area contributed by atoms with Gasteiger partial charge >= 0.3 is 0 Å². The van der Waals surface area contributed by atoms with E-state index in [-0.39, 0.29) is 11.9 Å². The molecular weight excluding hydrogens is 376 g/mol.